The van der Waals surface area contributed by atoms with Crippen LogP contribution in [0.15, 0.2) is 30.3 Å². The number of benzene rings is 2. The predicted octanol–water partition coefficient (Wildman–Crippen LogP) is 5.81. The van der Waals surface area contributed by atoms with Crippen LogP contribution >= 0.6 is 46.4 Å². The highest BCUT2D eigenvalue weighted by Gasteiger charge is 2.09. The van der Waals surface area contributed by atoms with E-state index in [9.17, 15) is 0 Å². The molecule has 20 heavy (non-hydrogen) atoms. The van der Waals surface area contributed by atoms with Crippen molar-refractivity contribution in [3.05, 3.63) is 56.0 Å². The fraction of sp³-hybridized carbons (Fsp3) is 0.143. The molecule has 0 aliphatic carbocycles. The van der Waals surface area contributed by atoms with Gasteiger partial charge in [-0.25, -0.2) is 0 Å². The summed E-state index contributed by atoms with van der Waals surface area (Å²) >= 11 is 24.0. The molecule has 0 fully saturated rings. The van der Waals surface area contributed by atoms with Gasteiger partial charge >= 0.3 is 0 Å². The summed E-state index contributed by atoms with van der Waals surface area (Å²) in [6.07, 6.45) is 0. The van der Waals surface area contributed by atoms with Crippen LogP contribution in [0, 0.1) is 0 Å². The van der Waals surface area contributed by atoms with Gasteiger partial charge < -0.3 is 10.1 Å². The van der Waals surface area contributed by atoms with Crippen molar-refractivity contribution in [1.29, 1.82) is 0 Å². The minimum Gasteiger partial charge on any atom is -0.456 e. The standard InChI is InChI=1S/C14H11Cl4NO/c1-19-7-8-2-3-9(4-10(8)15)20-14-6-12(17)11(16)5-13(14)18/h2-6,19H,7H2,1H3. The third kappa shape index (κ3) is 3.72. The van der Waals surface area contributed by atoms with Gasteiger partial charge in [0.15, 0.2) is 0 Å². The molecule has 2 rings (SSSR count). The number of hydrogen-bond acceptors (Lipinski definition) is 2. The monoisotopic (exact) mass is 349 g/mol. The van der Waals surface area contributed by atoms with Crippen molar-refractivity contribution >= 4 is 46.4 Å². The van der Waals surface area contributed by atoms with Crippen LogP contribution in [0.2, 0.25) is 20.1 Å². The topological polar surface area (TPSA) is 21.3 Å². The van der Waals surface area contributed by atoms with Gasteiger partial charge in [0, 0.05) is 17.6 Å². The molecule has 0 amide bonds. The SMILES string of the molecule is CNCc1ccc(Oc2cc(Cl)c(Cl)cc2Cl)cc1Cl. The third-order valence-corrected chi connectivity index (χ3v) is 3.96. The molecule has 1 N–H and O–H groups in total. The van der Waals surface area contributed by atoms with E-state index < -0.39 is 0 Å². The summed E-state index contributed by atoms with van der Waals surface area (Å²) in [5.41, 5.74) is 0.988. The first kappa shape index (κ1) is 15.7. The summed E-state index contributed by atoms with van der Waals surface area (Å²) < 4.78 is 5.68. The molecule has 2 aromatic carbocycles. The van der Waals surface area contributed by atoms with Crippen LogP contribution < -0.4 is 10.1 Å². The normalized spacial score (nSPS) is 10.7. The highest BCUT2D eigenvalue weighted by molar-refractivity contribution is 6.43. The Morgan fingerprint density at radius 2 is 1.60 bits per heavy atom. The maximum absolute atomic E-state index is 6.17. The van der Waals surface area contributed by atoms with Crippen molar-refractivity contribution in [2.75, 3.05) is 7.05 Å². The van der Waals surface area contributed by atoms with Crippen LogP contribution in [0.3, 0.4) is 0 Å². The van der Waals surface area contributed by atoms with E-state index >= 15 is 0 Å². The van der Waals surface area contributed by atoms with Crippen molar-refractivity contribution in [2.24, 2.45) is 0 Å². The molecule has 0 aliphatic heterocycles. The van der Waals surface area contributed by atoms with E-state index in [0.29, 0.717) is 38.1 Å². The predicted molar refractivity (Wildman–Crippen MR) is 85.8 cm³/mol. The lowest BCUT2D eigenvalue weighted by molar-refractivity contribution is 0.482. The zero-order valence-corrected chi connectivity index (χ0v) is 13.5. The summed E-state index contributed by atoms with van der Waals surface area (Å²) in [5.74, 6) is 1.01. The Bertz CT molecular complexity index is 631. The summed E-state index contributed by atoms with van der Waals surface area (Å²) in [7, 11) is 1.86. The fourth-order valence-corrected chi connectivity index (χ4v) is 2.45. The average molecular weight is 351 g/mol. The zero-order valence-electron chi connectivity index (χ0n) is 10.5. The molecule has 0 bridgehead atoms. The molecule has 0 aromatic heterocycles. The van der Waals surface area contributed by atoms with E-state index in [0.717, 1.165) is 5.56 Å². The van der Waals surface area contributed by atoms with E-state index in [-0.39, 0.29) is 0 Å². The Morgan fingerprint density at radius 1 is 0.900 bits per heavy atom. The van der Waals surface area contributed by atoms with Gasteiger partial charge in [0.25, 0.3) is 0 Å². The van der Waals surface area contributed by atoms with Crippen LogP contribution in [-0.4, -0.2) is 7.05 Å². The number of nitrogens with one attached hydrogen (secondary N) is 1. The molecular weight excluding hydrogens is 340 g/mol. The Kier molecular flexibility index (Phi) is 5.42. The first-order chi connectivity index (χ1) is 9.51. The van der Waals surface area contributed by atoms with Crippen LogP contribution in [0.25, 0.3) is 0 Å². The average Bonchev–Trinajstić information content (AvgIpc) is 2.39. The van der Waals surface area contributed by atoms with Gasteiger partial charge in [0.1, 0.15) is 11.5 Å². The number of rotatable bonds is 4. The van der Waals surface area contributed by atoms with Gasteiger partial charge in [-0.15, -0.1) is 0 Å². The Morgan fingerprint density at radius 3 is 2.25 bits per heavy atom. The Hall–Kier alpha value is -0.640. The molecule has 0 saturated heterocycles. The van der Waals surface area contributed by atoms with Gasteiger partial charge in [-0.3, -0.25) is 0 Å². The summed E-state index contributed by atoms with van der Waals surface area (Å²) in [5, 5.41) is 4.80. The zero-order chi connectivity index (χ0) is 14.7. The molecule has 0 aliphatic rings. The second-order valence-electron chi connectivity index (χ2n) is 4.08. The molecule has 0 atom stereocenters. The summed E-state index contributed by atoms with van der Waals surface area (Å²) in [6.45, 7) is 0.687. The molecule has 2 aromatic rings. The highest BCUT2D eigenvalue weighted by atomic mass is 35.5. The van der Waals surface area contributed by atoms with Crippen LogP contribution in [0.4, 0.5) is 0 Å². The van der Waals surface area contributed by atoms with Gasteiger partial charge in [0.05, 0.1) is 15.1 Å². The van der Waals surface area contributed by atoms with Crippen molar-refractivity contribution in [3.8, 4) is 11.5 Å². The van der Waals surface area contributed by atoms with E-state index in [2.05, 4.69) is 5.32 Å². The lowest BCUT2D eigenvalue weighted by Gasteiger charge is -2.11. The summed E-state index contributed by atoms with van der Waals surface area (Å²) in [4.78, 5) is 0. The third-order valence-electron chi connectivity index (χ3n) is 2.59. The first-order valence-corrected chi connectivity index (χ1v) is 7.28. The second kappa shape index (κ2) is 6.88. The molecule has 6 heteroatoms. The van der Waals surface area contributed by atoms with E-state index in [1.165, 1.54) is 6.07 Å². The van der Waals surface area contributed by atoms with Crippen molar-refractivity contribution in [2.45, 2.75) is 6.54 Å². The highest BCUT2D eigenvalue weighted by Crippen LogP contribution is 2.37. The van der Waals surface area contributed by atoms with Gasteiger partial charge in [-0.1, -0.05) is 52.5 Å². The maximum Gasteiger partial charge on any atom is 0.147 e. The Labute approximate surface area is 137 Å². The fourth-order valence-electron chi connectivity index (χ4n) is 1.63. The molecule has 0 saturated carbocycles. The van der Waals surface area contributed by atoms with Gasteiger partial charge in [-0.05, 0) is 30.8 Å². The molecule has 0 heterocycles. The lowest BCUT2D eigenvalue weighted by atomic mass is 10.2. The second-order valence-corrected chi connectivity index (χ2v) is 5.71. The lowest BCUT2D eigenvalue weighted by Crippen LogP contribution is -2.05. The van der Waals surface area contributed by atoms with Crippen molar-refractivity contribution in [1.82, 2.24) is 5.32 Å². The molecular formula is C14H11Cl4NO. The van der Waals surface area contributed by atoms with E-state index in [4.69, 9.17) is 51.1 Å². The number of ether oxygens (including phenoxy) is 1. The molecule has 0 unspecified atom stereocenters. The maximum atomic E-state index is 6.17. The van der Waals surface area contributed by atoms with Crippen LogP contribution in [-0.2, 0) is 6.54 Å². The number of hydrogen-bond donors (Lipinski definition) is 1. The van der Waals surface area contributed by atoms with E-state index in [1.807, 2.05) is 19.2 Å². The molecule has 106 valence electrons. The molecule has 0 spiro atoms. The quantitative estimate of drug-likeness (QED) is 0.702. The van der Waals surface area contributed by atoms with Crippen molar-refractivity contribution < 1.29 is 4.74 Å². The van der Waals surface area contributed by atoms with Crippen molar-refractivity contribution in [3.63, 3.8) is 0 Å². The first-order valence-electron chi connectivity index (χ1n) is 5.76. The van der Waals surface area contributed by atoms with E-state index in [1.54, 1.807) is 12.1 Å². The van der Waals surface area contributed by atoms with Crippen LogP contribution in [0.1, 0.15) is 5.56 Å². The Balaban J connectivity index is 2.26. The summed E-state index contributed by atoms with van der Waals surface area (Å²) in [6, 6.07) is 8.55. The minimum absolute atomic E-state index is 0.379. The smallest absolute Gasteiger partial charge is 0.147 e. The van der Waals surface area contributed by atoms with Gasteiger partial charge in [0.2, 0.25) is 0 Å². The van der Waals surface area contributed by atoms with Gasteiger partial charge in [-0.2, -0.15) is 0 Å². The molecule has 0 radical (unpaired) electrons. The molecule has 2 nitrogen and oxygen atoms in total. The minimum atomic E-state index is 0.379. The number of halogens is 4. The van der Waals surface area contributed by atoms with Crippen LogP contribution in [0.5, 0.6) is 11.5 Å². The largest absolute Gasteiger partial charge is 0.456 e.